The molecule has 0 aliphatic rings. The number of nitrogens with zero attached hydrogens (tertiary/aromatic N) is 1. The van der Waals surface area contributed by atoms with E-state index in [1.807, 2.05) is 5.38 Å². The van der Waals surface area contributed by atoms with Crippen LogP contribution in [0.4, 0.5) is 10.7 Å². The minimum Gasteiger partial charge on any atom is -0.310 e. The molecule has 0 radical (unpaired) electrons. The van der Waals surface area contributed by atoms with Crippen LogP contribution in [0.1, 0.15) is 4.88 Å². The molecule has 0 amide bonds. The van der Waals surface area contributed by atoms with E-state index in [1.165, 1.54) is 11.3 Å². The van der Waals surface area contributed by atoms with Crippen molar-refractivity contribution >= 4 is 59.3 Å². The number of nitrogens with two attached hydrogens (primary N) is 1. The van der Waals surface area contributed by atoms with Gasteiger partial charge in [0, 0.05) is 22.0 Å². The summed E-state index contributed by atoms with van der Waals surface area (Å²) >= 11 is 5.39. The normalized spacial score (nSPS) is 11.5. The molecule has 0 saturated carbocycles. The number of hydrazine groups is 1. The quantitative estimate of drug-likeness (QED) is 0.379. The molecule has 0 spiro atoms. The molecule has 0 aliphatic heterocycles. The first-order valence-corrected chi connectivity index (χ1v) is 9.28. The second kappa shape index (κ2) is 6.37. The van der Waals surface area contributed by atoms with E-state index in [4.69, 9.17) is 5.84 Å². The summed E-state index contributed by atoms with van der Waals surface area (Å²) in [4.78, 5) is 10.9. The van der Waals surface area contributed by atoms with Gasteiger partial charge in [-0.1, -0.05) is 11.3 Å². The Bertz CT molecular complexity index is 770. The fraction of sp³-hybridized carbons (Fsp3) is 0.111. The van der Waals surface area contributed by atoms with Crippen LogP contribution >= 0.6 is 38.6 Å². The van der Waals surface area contributed by atoms with Gasteiger partial charge >= 0.3 is 5.69 Å². The molecule has 0 atom stereocenters. The summed E-state index contributed by atoms with van der Waals surface area (Å²) in [6.45, 7) is 0.0949. The molecule has 0 aromatic carbocycles. The van der Waals surface area contributed by atoms with E-state index in [0.29, 0.717) is 11.3 Å². The Hall–Kier alpha value is -1.05. The molecule has 2 rings (SSSR count). The summed E-state index contributed by atoms with van der Waals surface area (Å²) in [5, 5.41) is 12.6. The van der Waals surface area contributed by atoms with Gasteiger partial charge in [0.15, 0.2) is 5.00 Å². The van der Waals surface area contributed by atoms with Gasteiger partial charge in [-0.25, -0.2) is 19.0 Å². The predicted molar refractivity (Wildman–Crippen MR) is 84.8 cm³/mol. The fourth-order valence-corrected chi connectivity index (χ4v) is 5.22. The SMILES string of the molecule is NNc1sc(S(=O)(=O)NCc2sccc2Br)cc1[N+](=O)[O-]. The molecule has 12 heteroatoms. The number of thiophene rings is 2. The van der Waals surface area contributed by atoms with Crippen molar-refractivity contribution in [2.24, 2.45) is 5.84 Å². The highest BCUT2D eigenvalue weighted by Crippen LogP contribution is 2.36. The number of hydrogen-bond donors (Lipinski definition) is 3. The summed E-state index contributed by atoms with van der Waals surface area (Å²) in [6, 6.07) is 2.78. The van der Waals surface area contributed by atoms with E-state index >= 15 is 0 Å². The van der Waals surface area contributed by atoms with Crippen molar-refractivity contribution in [2.45, 2.75) is 10.8 Å². The molecular formula is C9H9BrN4O4S3. The third kappa shape index (κ3) is 3.59. The van der Waals surface area contributed by atoms with Gasteiger partial charge in [0.2, 0.25) is 0 Å². The Morgan fingerprint density at radius 1 is 1.48 bits per heavy atom. The van der Waals surface area contributed by atoms with Crippen LogP contribution in [0.3, 0.4) is 0 Å². The monoisotopic (exact) mass is 412 g/mol. The third-order valence-electron chi connectivity index (χ3n) is 2.40. The van der Waals surface area contributed by atoms with Crippen molar-refractivity contribution in [3.8, 4) is 0 Å². The number of nitrogens with one attached hydrogen (secondary N) is 2. The fourth-order valence-electron chi connectivity index (χ4n) is 1.41. The molecule has 2 aromatic heterocycles. The summed E-state index contributed by atoms with van der Waals surface area (Å²) in [6.07, 6.45) is 0. The average Bonchev–Trinajstić information content (AvgIpc) is 3.02. The van der Waals surface area contributed by atoms with E-state index in [9.17, 15) is 18.5 Å². The van der Waals surface area contributed by atoms with Gasteiger partial charge in [0.25, 0.3) is 10.0 Å². The second-order valence-electron chi connectivity index (χ2n) is 3.70. The molecule has 0 fully saturated rings. The van der Waals surface area contributed by atoms with Gasteiger partial charge in [-0.2, -0.15) is 0 Å². The van der Waals surface area contributed by atoms with Crippen LogP contribution < -0.4 is 16.0 Å². The van der Waals surface area contributed by atoms with Crippen LogP contribution in [0.2, 0.25) is 0 Å². The van der Waals surface area contributed by atoms with Gasteiger partial charge in [0.1, 0.15) is 4.21 Å². The lowest BCUT2D eigenvalue weighted by Gasteiger charge is -2.03. The van der Waals surface area contributed by atoms with Crippen LogP contribution in [0.25, 0.3) is 0 Å². The van der Waals surface area contributed by atoms with Crippen LogP contribution in [0.5, 0.6) is 0 Å². The number of halogens is 1. The van der Waals surface area contributed by atoms with Crippen molar-refractivity contribution in [3.63, 3.8) is 0 Å². The number of nitrogen functional groups attached to an aromatic ring is 1. The Morgan fingerprint density at radius 2 is 2.19 bits per heavy atom. The smallest absolute Gasteiger partial charge is 0.306 e. The van der Waals surface area contributed by atoms with Crippen molar-refractivity contribution in [3.05, 3.63) is 37.0 Å². The highest BCUT2D eigenvalue weighted by Gasteiger charge is 2.25. The second-order valence-corrected chi connectivity index (χ2v) is 8.60. The Balaban J connectivity index is 2.23. The summed E-state index contributed by atoms with van der Waals surface area (Å²) in [5.74, 6) is 5.15. The molecule has 8 nitrogen and oxygen atoms in total. The van der Waals surface area contributed by atoms with Crippen molar-refractivity contribution in [1.82, 2.24) is 4.72 Å². The van der Waals surface area contributed by atoms with E-state index < -0.39 is 14.9 Å². The van der Waals surface area contributed by atoms with Crippen molar-refractivity contribution < 1.29 is 13.3 Å². The highest BCUT2D eigenvalue weighted by molar-refractivity contribution is 9.10. The molecule has 2 heterocycles. The van der Waals surface area contributed by atoms with Gasteiger partial charge < -0.3 is 5.43 Å². The van der Waals surface area contributed by atoms with Crippen molar-refractivity contribution in [2.75, 3.05) is 5.43 Å². The first-order chi connectivity index (χ1) is 9.85. The van der Waals surface area contributed by atoms with E-state index in [-0.39, 0.29) is 21.4 Å². The molecule has 21 heavy (non-hydrogen) atoms. The Morgan fingerprint density at radius 3 is 2.67 bits per heavy atom. The molecule has 4 N–H and O–H groups in total. The summed E-state index contributed by atoms with van der Waals surface area (Å²) in [5.41, 5.74) is 1.75. The summed E-state index contributed by atoms with van der Waals surface area (Å²) in [7, 11) is -3.84. The topological polar surface area (TPSA) is 127 Å². The minimum absolute atomic E-state index is 0.0160. The number of hydrogen-bond acceptors (Lipinski definition) is 8. The zero-order valence-corrected chi connectivity index (χ0v) is 14.2. The van der Waals surface area contributed by atoms with Gasteiger partial charge in [0.05, 0.1) is 4.92 Å². The first-order valence-electron chi connectivity index (χ1n) is 5.31. The molecule has 0 saturated heterocycles. The number of nitro groups is 1. The lowest BCUT2D eigenvalue weighted by molar-refractivity contribution is -0.383. The van der Waals surface area contributed by atoms with Crippen LogP contribution in [0.15, 0.2) is 26.2 Å². The third-order valence-corrected chi connectivity index (χ3v) is 7.25. The first kappa shape index (κ1) is 16.3. The molecule has 2 aromatic rings. The Labute approximate surface area is 136 Å². The largest absolute Gasteiger partial charge is 0.310 e. The van der Waals surface area contributed by atoms with Crippen LogP contribution in [-0.2, 0) is 16.6 Å². The van der Waals surface area contributed by atoms with Gasteiger partial charge in [-0.3, -0.25) is 10.1 Å². The van der Waals surface area contributed by atoms with Crippen molar-refractivity contribution in [1.29, 1.82) is 0 Å². The Kier molecular flexibility index (Phi) is 4.95. The maximum atomic E-state index is 12.1. The molecular weight excluding hydrogens is 404 g/mol. The lowest BCUT2D eigenvalue weighted by Crippen LogP contribution is -2.22. The summed E-state index contributed by atoms with van der Waals surface area (Å²) < 4.78 is 27.3. The average molecular weight is 413 g/mol. The highest BCUT2D eigenvalue weighted by atomic mass is 79.9. The molecule has 0 unspecified atom stereocenters. The number of sulfonamides is 1. The zero-order valence-electron chi connectivity index (χ0n) is 10.2. The van der Waals surface area contributed by atoms with Crippen LogP contribution in [-0.4, -0.2) is 13.3 Å². The molecule has 0 bridgehead atoms. The zero-order chi connectivity index (χ0) is 15.6. The standard InChI is InChI=1S/C9H9BrN4O4S3/c10-5-1-2-19-7(5)4-12-21(17,18)8-3-6(14(15)16)9(13-11)20-8/h1-3,12-13H,4,11H2. The van der Waals surface area contributed by atoms with Gasteiger partial charge in [-0.15, -0.1) is 11.3 Å². The van der Waals surface area contributed by atoms with E-state index in [2.05, 4.69) is 26.1 Å². The molecule has 0 aliphatic carbocycles. The maximum Gasteiger partial charge on any atom is 0.306 e. The maximum absolute atomic E-state index is 12.1. The van der Waals surface area contributed by atoms with E-state index in [1.54, 1.807) is 6.07 Å². The lowest BCUT2D eigenvalue weighted by atomic mass is 10.5. The van der Waals surface area contributed by atoms with E-state index in [0.717, 1.165) is 15.4 Å². The number of anilines is 1. The van der Waals surface area contributed by atoms with Crippen LogP contribution in [0, 0.1) is 10.1 Å². The molecule has 114 valence electrons. The van der Waals surface area contributed by atoms with Gasteiger partial charge in [-0.05, 0) is 27.4 Å². The predicted octanol–water partition coefficient (Wildman–Crippen LogP) is 2.24. The number of rotatable bonds is 6. The minimum atomic E-state index is -3.84.